The summed E-state index contributed by atoms with van der Waals surface area (Å²) in [6.07, 6.45) is 2.96. The Balaban J connectivity index is 2.06. The summed E-state index contributed by atoms with van der Waals surface area (Å²) >= 11 is 3.39. The van der Waals surface area contributed by atoms with Gasteiger partial charge in [-0.1, -0.05) is 28.1 Å². The van der Waals surface area contributed by atoms with Crippen LogP contribution in [0.2, 0.25) is 0 Å². The van der Waals surface area contributed by atoms with Crippen LogP contribution in [0.25, 0.3) is 0 Å². The number of ether oxygens (including phenoxy) is 2. The number of nitrogens with zero attached hydrogens (tertiary/aromatic N) is 3. The van der Waals surface area contributed by atoms with Crippen LogP contribution in [0, 0.1) is 0 Å². The van der Waals surface area contributed by atoms with Crippen LogP contribution in [0.15, 0.2) is 41.4 Å². The molecule has 1 aliphatic rings. The molecule has 21 heavy (non-hydrogen) atoms. The summed E-state index contributed by atoms with van der Waals surface area (Å²) in [6.45, 7) is 3.64. The number of carbonyl (C=O) groups is 1. The van der Waals surface area contributed by atoms with E-state index in [1.165, 1.54) is 6.33 Å². The van der Waals surface area contributed by atoms with Gasteiger partial charge in [-0.15, -0.1) is 0 Å². The fraction of sp³-hybridized carbons (Fsp3) is 0.357. The molecule has 1 unspecified atom stereocenters. The van der Waals surface area contributed by atoms with Crippen molar-refractivity contribution in [3.8, 4) is 0 Å². The first-order valence-corrected chi connectivity index (χ1v) is 7.23. The van der Waals surface area contributed by atoms with Crippen LogP contribution in [-0.4, -0.2) is 26.5 Å². The normalized spacial score (nSPS) is 24.0. The van der Waals surface area contributed by atoms with Crippen LogP contribution in [0.1, 0.15) is 19.4 Å². The smallest absolute Gasteiger partial charge is 0.347 e. The molecule has 1 fully saturated rings. The lowest BCUT2D eigenvalue weighted by Gasteiger charge is -2.26. The second-order valence-corrected chi connectivity index (χ2v) is 6.23. The molecule has 0 spiro atoms. The summed E-state index contributed by atoms with van der Waals surface area (Å²) < 4.78 is 13.8. The number of hydrogen-bond acceptors (Lipinski definition) is 5. The number of rotatable bonds is 3. The molecule has 0 radical (unpaired) electrons. The van der Waals surface area contributed by atoms with Crippen LogP contribution < -0.4 is 0 Å². The lowest BCUT2D eigenvalue weighted by molar-refractivity contribution is -0.169. The van der Waals surface area contributed by atoms with Gasteiger partial charge in [-0.25, -0.2) is 14.5 Å². The number of hydrogen-bond donors (Lipinski definition) is 0. The number of esters is 1. The van der Waals surface area contributed by atoms with Crippen molar-refractivity contribution in [2.24, 2.45) is 0 Å². The van der Waals surface area contributed by atoms with E-state index in [0.29, 0.717) is 0 Å². The van der Waals surface area contributed by atoms with E-state index in [0.717, 1.165) is 10.0 Å². The quantitative estimate of drug-likeness (QED) is 0.793. The molecule has 6 nitrogen and oxygen atoms in total. The molecule has 0 aliphatic carbocycles. The molecular formula is C14H14BrN3O3. The van der Waals surface area contributed by atoms with Crippen molar-refractivity contribution in [1.29, 1.82) is 0 Å². The average Bonchev–Trinajstić information content (AvgIpc) is 2.97. The van der Waals surface area contributed by atoms with Gasteiger partial charge < -0.3 is 9.47 Å². The topological polar surface area (TPSA) is 66.2 Å². The zero-order chi connectivity index (χ0) is 15.1. The average molecular weight is 352 g/mol. The van der Waals surface area contributed by atoms with Crippen molar-refractivity contribution in [3.05, 3.63) is 47.0 Å². The van der Waals surface area contributed by atoms with Crippen LogP contribution in [0.3, 0.4) is 0 Å². The van der Waals surface area contributed by atoms with Crippen molar-refractivity contribution in [3.63, 3.8) is 0 Å². The summed E-state index contributed by atoms with van der Waals surface area (Å²) in [4.78, 5) is 16.4. The maximum Gasteiger partial charge on any atom is 0.347 e. The molecule has 1 atom stereocenters. The summed E-state index contributed by atoms with van der Waals surface area (Å²) in [5.41, 5.74) is -0.505. The fourth-order valence-corrected chi connectivity index (χ4v) is 2.68. The fourth-order valence-electron chi connectivity index (χ4n) is 2.41. The van der Waals surface area contributed by atoms with Gasteiger partial charge in [-0.2, -0.15) is 5.10 Å². The Morgan fingerprint density at radius 1 is 1.29 bits per heavy atom. The first-order valence-electron chi connectivity index (χ1n) is 6.43. The van der Waals surface area contributed by atoms with Crippen molar-refractivity contribution in [1.82, 2.24) is 14.8 Å². The Labute approximate surface area is 130 Å². The SMILES string of the molecule is CC1(C)OC(=O)C(Cn2cncn2)(c2ccc(Br)cc2)O1. The van der Waals surface area contributed by atoms with Gasteiger partial charge in [0.2, 0.25) is 11.4 Å². The van der Waals surface area contributed by atoms with E-state index in [2.05, 4.69) is 26.0 Å². The highest BCUT2D eigenvalue weighted by Crippen LogP contribution is 2.41. The molecule has 7 heteroatoms. The third-order valence-corrected chi connectivity index (χ3v) is 3.78. The minimum absolute atomic E-state index is 0.205. The van der Waals surface area contributed by atoms with Gasteiger partial charge in [0.1, 0.15) is 12.7 Å². The highest BCUT2D eigenvalue weighted by Gasteiger charge is 2.55. The highest BCUT2D eigenvalue weighted by atomic mass is 79.9. The molecule has 2 aromatic rings. The molecule has 1 aromatic carbocycles. The van der Waals surface area contributed by atoms with Crippen molar-refractivity contribution >= 4 is 21.9 Å². The van der Waals surface area contributed by atoms with Gasteiger partial charge in [0, 0.05) is 18.3 Å². The third-order valence-electron chi connectivity index (χ3n) is 3.25. The Morgan fingerprint density at radius 3 is 2.52 bits per heavy atom. The van der Waals surface area contributed by atoms with Crippen molar-refractivity contribution in [2.75, 3.05) is 0 Å². The zero-order valence-electron chi connectivity index (χ0n) is 11.6. The predicted molar refractivity (Wildman–Crippen MR) is 77.1 cm³/mol. The molecular weight excluding hydrogens is 338 g/mol. The minimum atomic E-state index is -1.22. The highest BCUT2D eigenvalue weighted by molar-refractivity contribution is 9.10. The van der Waals surface area contributed by atoms with E-state index in [4.69, 9.17) is 9.47 Å². The van der Waals surface area contributed by atoms with E-state index in [1.54, 1.807) is 24.9 Å². The number of carbonyl (C=O) groups excluding carboxylic acids is 1. The van der Waals surface area contributed by atoms with Gasteiger partial charge >= 0.3 is 5.97 Å². The van der Waals surface area contributed by atoms with E-state index >= 15 is 0 Å². The lowest BCUT2D eigenvalue weighted by Crippen LogP contribution is -2.39. The summed E-state index contributed by atoms with van der Waals surface area (Å²) in [7, 11) is 0. The summed E-state index contributed by atoms with van der Waals surface area (Å²) in [6, 6.07) is 7.40. The van der Waals surface area contributed by atoms with E-state index in [9.17, 15) is 4.79 Å². The number of cyclic esters (lactones) is 1. The van der Waals surface area contributed by atoms with Gasteiger partial charge in [-0.05, 0) is 17.7 Å². The molecule has 110 valence electrons. The van der Waals surface area contributed by atoms with Crippen molar-refractivity contribution < 1.29 is 14.3 Å². The Morgan fingerprint density at radius 2 is 2.00 bits per heavy atom. The standard InChI is InChI=1S/C14H14BrN3O3/c1-13(2)20-12(19)14(21-13,7-18-9-16-8-17-18)10-3-5-11(15)6-4-10/h3-6,8-9H,7H2,1-2H3. The lowest BCUT2D eigenvalue weighted by atomic mass is 9.94. The van der Waals surface area contributed by atoms with E-state index in [1.807, 2.05) is 24.3 Å². The largest absolute Gasteiger partial charge is 0.431 e. The first-order chi connectivity index (χ1) is 9.91. The maximum atomic E-state index is 12.5. The molecule has 2 heterocycles. The van der Waals surface area contributed by atoms with E-state index in [-0.39, 0.29) is 6.54 Å². The van der Waals surface area contributed by atoms with Gasteiger partial charge in [-0.3, -0.25) is 0 Å². The molecule has 1 aromatic heterocycles. The van der Waals surface area contributed by atoms with Crippen LogP contribution in [0.5, 0.6) is 0 Å². The van der Waals surface area contributed by atoms with Crippen LogP contribution >= 0.6 is 15.9 Å². The van der Waals surface area contributed by atoms with E-state index < -0.39 is 17.4 Å². The van der Waals surface area contributed by atoms with Gasteiger partial charge in [0.15, 0.2) is 0 Å². The second-order valence-electron chi connectivity index (χ2n) is 5.32. The predicted octanol–water partition coefficient (Wildman–Crippen LogP) is 2.25. The van der Waals surface area contributed by atoms with Crippen molar-refractivity contribution in [2.45, 2.75) is 31.8 Å². The Hall–Kier alpha value is -1.73. The Bertz CT molecular complexity index is 655. The Kier molecular flexibility index (Phi) is 3.33. The number of halogens is 1. The molecule has 0 bridgehead atoms. The van der Waals surface area contributed by atoms with Gasteiger partial charge in [0.05, 0.1) is 6.54 Å². The molecule has 0 amide bonds. The maximum absolute atomic E-state index is 12.5. The molecule has 1 aliphatic heterocycles. The molecule has 1 saturated heterocycles. The molecule has 0 saturated carbocycles. The third kappa shape index (κ3) is 2.58. The monoisotopic (exact) mass is 351 g/mol. The summed E-state index contributed by atoms with van der Waals surface area (Å²) in [5.74, 6) is -1.41. The van der Waals surface area contributed by atoms with Gasteiger partial charge in [0.25, 0.3) is 0 Å². The minimum Gasteiger partial charge on any atom is -0.431 e. The first kappa shape index (κ1) is 14.2. The molecule has 0 N–H and O–H groups in total. The van der Waals surface area contributed by atoms with Crippen LogP contribution in [-0.2, 0) is 26.4 Å². The number of benzene rings is 1. The molecule has 3 rings (SSSR count). The summed E-state index contributed by atoms with van der Waals surface area (Å²) in [5, 5.41) is 4.06. The van der Waals surface area contributed by atoms with Crippen LogP contribution in [0.4, 0.5) is 0 Å². The number of aromatic nitrogens is 3. The zero-order valence-corrected chi connectivity index (χ0v) is 13.2. The second kappa shape index (κ2) is 4.92.